The smallest absolute Gasteiger partial charge is 0.248 e. The Morgan fingerprint density at radius 3 is 2.64 bits per heavy atom. The molecule has 0 aromatic heterocycles. The SMILES string of the molecule is CSc1ccc(/C=C/C(=O)N2CSCC2C(=O)Nc2cccc(C)c2C)cc1. The summed E-state index contributed by atoms with van der Waals surface area (Å²) < 4.78 is 0. The molecule has 0 saturated carbocycles. The molecular weight excluding hydrogens is 388 g/mol. The molecule has 28 heavy (non-hydrogen) atoms. The number of rotatable bonds is 5. The Kier molecular flexibility index (Phi) is 6.86. The summed E-state index contributed by atoms with van der Waals surface area (Å²) in [7, 11) is 0. The Hall–Kier alpha value is -2.18. The van der Waals surface area contributed by atoms with E-state index in [1.165, 1.54) is 4.90 Å². The van der Waals surface area contributed by atoms with E-state index in [1.54, 1.807) is 40.6 Å². The van der Waals surface area contributed by atoms with Crippen LogP contribution >= 0.6 is 23.5 Å². The molecule has 6 heteroatoms. The second-order valence-corrected chi connectivity index (χ2v) is 8.55. The van der Waals surface area contributed by atoms with Crippen molar-refractivity contribution in [2.45, 2.75) is 24.8 Å². The summed E-state index contributed by atoms with van der Waals surface area (Å²) >= 11 is 3.28. The first-order chi connectivity index (χ1) is 13.5. The van der Waals surface area contributed by atoms with Gasteiger partial charge >= 0.3 is 0 Å². The van der Waals surface area contributed by atoms with Gasteiger partial charge in [-0.2, -0.15) is 0 Å². The number of hydrogen-bond acceptors (Lipinski definition) is 4. The molecule has 1 fully saturated rings. The number of nitrogens with zero attached hydrogens (tertiary/aromatic N) is 1. The number of carbonyl (C=O) groups is 2. The summed E-state index contributed by atoms with van der Waals surface area (Å²) in [6.07, 6.45) is 5.39. The zero-order chi connectivity index (χ0) is 20.1. The number of nitrogens with one attached hydrogen (secondary N) is 1. The number of carbonyl (C=O) groups excluding carboxylic acids is 2. The molecule has 1 N–H and O–H groups in total. The number of aryl methyl sites for hydroxylation is 1. The van der Waals surface area contributed by atoms with E-state index in [1.807, 2.05) is 62.6 Å². The lowest BCUT2D eigenvalue weighted by Crippen LogP contribution is -2.44. The van der Waals surface area contributed by atoms with Gasteiger partial charge in [-0.15, -0.1) is 23.5 Å². The molecule has 0 spiro atoms. The van der Waals surface area contributed by atoms with Crippen LogP contribution < -0.4 is 5.32 Å². The highest BCUT2D eigenvalue weighted by atomic mass is 32.2. The van der Waals surface area contributed by atoms with Gasteiger partial charge in [0.2, 0.25) is 11.8 Å². The van der Waals surface area contributed by atoms with Crippen LogP contribution in [0.4, 0.5) is 5.69 Å². The second kappa shape index (κ2) is 9.34. The normalized spacial score (nSPS) is 16.5. The third-order valence-corrected chi connectivity index (χ3v) is 6.62. The topological polar surface area (TPSA) is 49.4 Å². The van der Waals surface area contributed by atoms with Crippen LogP contribution in [0.1, 0.15) is 16.7 Å². The molecule has 2 aromatic rings. The Morgan fingerprint density at radius 2 is 1.93 bits per heavy atom. The summed E-state index contributed by atoms with van der Waals surface area (Å²) in [6.45, 7) is 4.01. The van der Waals surface area contributed by atoms with E-state index in [0.717, 1.165) is 22.4 Å². The van der Waals surface area contributed by atoms with Crippen LogP contribution in [0, 0.1) is 13.8 Å². The van der Waals surface area contributed by atoms with Crippen LogP contribution in [-0.4, -0.2) is 40.6 Å². The predicted octanol–water partition coefficient (Wildman–Crippen LogP) is 4.58. The maximum absolute atomic E-state index is 12.8. The van der Waals surface area contributed by atoms with E-state index in [-0.39, 0.29) is 11.8 Å². The minimum Gasteiger partial charge on any atom is -0.324 e. The lowest BCUT2D eigenvalue weighted by molar-refractivity contribution is -0.132. The zero-order valence-corrected chi connectivity index (χ0v) is 17.9. The van der Waals surface area contributed by atoms with Gasteiger partial charge < -0.3 is 10.2 Å². The largest absolute Gasteiger partial charge is 0.324 e. The lowest BCUT2D eigenvalue weighted by Gasteiger charge is -2.22. The quantitative estimate of drug-likeness (QED) is 0.577. The molecule has 1 atom stereocenters. The monoisotopic (exact) mass is 412 g/mol. The summed E-state index contributed by atoms with van der Waals surface area (Å²) in [4.78, 5) is 28.3. The first-order valence-electron chi connectivity index (χ1n) is 9.07. The van der Waals surface area contributed by atoms with Gasteiger partial charge in [-0.1, -0.05) is 24.3 Å². The highest BCUT2D eigenvalue weighted by Crippen LogP contribution is 2.24. The van der Waals surface area contributed by atoms with Crippen molar-refractivity contribution < 1.29 is 9.59 Å². The molecule has 0 radical (unpaired) electrons. The van der Waals surface area contributed by atoms with Crippen LogP contribution in [0.15, 0.2) is 53.4 Å². The average molecular weight is 413 g/mol. The van der Waals surface area contributed by atoms with Gasteiger partial charge in [0, 0.05) is 22.4 Å². The highest BCUT2D eigenvalue weighted by Gasteiger charge is 2.33. The maximum atomic E-state index is 12.8. The van der Waals surface area contributed by atoms with Gasteiger partial charge in [0.1, 0.15) is 6.04 Å². The van der Waals surface area contributed by atoms with Crippen molar-refractivity contribution in [3.63, 3.8) is 0 Å². The highest BCUT2D eigenvalue weighted by molar-refractivity contribution is 7.99. The average Bonchev–Trinajstić information content (AvgIpc) is 3.20. The van der Waals surface area contributed by atoms with Crippen LogP contribution in [-0.2, 0) is 9.59 Å². The zero-order valence-electron chi connectivity index (χ0n) is 16.3. The maximum Gasteiger partial charge on any atom is 0.248 e. The number of anilines is 1. The Labute approximate surface area is 174 Å². The van der Waals surface area contributed by atoms with Crippen molar-refractivity contribution in [3.8, 4) is 0 Å². The summed E-state index contributed by atoms with van der Waals surface area (Å²) in [5, 5.41) is 2.99. The molecule has 1 aliphatic rings. The van der Waals surface area contributed by atoms with Crippen molar-refractivity contribution >= 4 is 47.1 Å². The molecule has 2 amide bonds. The standard InChI is InChI=1S/C22H24N2O2S2/c1-15-5-4-6-19(16(15)2)23-22(26)20-13-28-14-24(20)21(25)12-9-17-7-10-18(27-3)11-8-17/h4-12,20H,13-14H2,1-3H3,(H,23,26)/b12-9+. The Bertz CT molecular complexity index is 894. The fourth-order valence-electron chi connectivity index (χ4n) is 2.96. The number of benzene rings is 2. The van der Waals surface area contributed by atoms with E-state index in [9.17, 15) is 9.59 Å². The molecule has 1 heterocycles. The Morgan fingerprint density at radius 1 is 1.18 bits per heavy atom. The third kappa shape index (κ3) is 4.80. The first kappa shape index (κ1) is 20.6. The minimum atomic E-state index is -0.457. The predicted molar refractivity (Wildman–Crippen MR) is 120 cm³/mol. The molecule has 146 valence electrons. The first-order valence-corrected chi connectivity index (χ1v) is 11.4. The molecule has 1 aliphatic heterocycles. The summed E-state index contributed by atoms with van der Waals surface area (Å²) in [6, 6.07) is 13.4. The molecule has 1 saturated heterocycles. The number of amides is 2. The van der Waals surface area contributed by atoms with Crippen LogP contribution in [0.2, 0.25) is 0 Å². The lowest BCUT2D eigenvalue weighted by atomic mass is 10.1. The number of thioether (sulfide) groups is 2. The molecule has 0 aliphatic carbocycles. The molecule has 0 bridgehead atoms. The van der Waals surface area contributed by atoms with Crippen LogP contribution in [0.3, 0.4) is 0 Å². The van der Waals surface area contributed by atoms with Gasteiger partial charge in [-0.3, -0.25) is 9.59 Å². The van der Waals surface area contributed by atoms with Crippen molar-refractivity contribution in [2.24, 2.45) is 0 Å². The molecule has 4 nitrogen and oxygen atoms in total. The van der Waals surface area contributed by atoms with Gasteiger partial charge in [-0.25, -0.2) is 0 Å². The van der Waals surface area contributed by atoms with E-state index >= 15 is 0 Å². The van der Waals surface area contributed by atoms with E-state index in [0.29, 0.717) is 11.6 Å². The van der Waals surface area contributed by atoms with Gasteiger partial charge in [-0.05, 0) is 61.1 Å². The van der Waals surface area contributed by atoms with Crippen molar-refractivity contribution in [1.29, 1.82) is 0 Å². The fraction of sp³-hybridized carbons (Fsp3) is 0.273. The number of hydrogen-bond donors (Lipinski definition) is 1. The second-order valence-electron chi connectivity index (χ2n) is 6.67. The minimum absolute atomic E-state index is 0.134. The molecule has 1 unspecified atom stereocenters. The van der Waals surface area contributed by atoms with Crippen LogP contribution in [0.25, 0.3) is 6.08 Å². The Balaban J connectivity index is 1.67. The van der Waals surface area contributed by atoms with Crippen LogP contribution in [0.5, 0.6) is 0 Å². The van der Waals surface area contributed by atoms with Crippen molar-refractivity contribution in [3.05, 3.63) is 65.2 Å². The van der Waals surface area contributed by atoms with Crippen molar-refractivity contribution in [1.82, 2.24) is 4.90 Å². The van der Waals surface area contributed by atoms with E-state index in [2.05, 4.69) is 5.32 Å². The molecule has 3 rings (SSSR count). The van der Waals surface area contributed by atoms with E-state index in [4.69, 9.17) is 0 Å². The van der Waals surface area contributed by atoms with Gasteiger partial charge in [0.05, 0.1) is 5.88 Å². The third-order valence-electron chi connectivity index (χ3n) is 4.86. The van der Waals surface area contributed by atoms with Gasteiger partial charge in [0.15, 0.2) is 0 Å². The molecule has 2 aromatic carbocycles. The fourth-order valence-corrected chi connectivity index (χ4v) is 4.53. The summed E-state index contributed by atoms with van der Waals surface area (Å²) in [5.74, 6) is 0.864. The van der Waals surface area contributed by atoms with Crippen molar-refractivity contribution in [2.75, 3.05) is 23.2 Å². The van der Waals surface area contributed by atoms with Gasteiger partial charge in [0.25, 0.3) is 0 Å². The van der Waals surface area contributed by atoms with E-state index < -0.39 is 6.04 Å². The summed E-state index contributed by atoms with van der Waals surface area (Å²) in [5.41, 5.74) is 3.95. The molecular formula is C22H24N2O2S2.